The summed E-state index contributed by atoms with van der Waals surface area (Å²) < 4.78 is 13.5. The lowest BCUT2D eigenvalue weighted by Crippen LogP contribution is -2.47. The van der Waals surface area contributed by atoms with E-state index in [1.807, 2.05) is 4.90 Å². The van der Waals surface area contributed by atoms with E-state index in [-0.39, 0.29) is 6.54 Å². The second kappa shape index (κ2) is 3.88. The van der Waals surface area contributed by atoms with Crippen LogP contribution in [-0.4, -0.2) is 41.9 Å². The van der Waals surface area contributed by atoms with E-state index in [0.717, 1.165) is 13.0 Å². The molecule has 1 rings (SSSR count). The minimum atomic E-state index is -1.42. The van der Waals surface area contributed by atoms with Gasteiger partial charge in [-0.25, -0.2) is 4.39 Å². The third-order valence-electron chi connectivity index (χ3n) is 2.20. The van der Waals surface area contributed by atoms with Crippen molar-refractivity contribution in [2.45, 2.75) is 18.5 Å². The lowest BCUT2D eigenvalue weighted by molar-refractivity contribution is 0.00338. The minimum absolute atomic E-state index is 0.272. The molecule has 0 saturated carbocycles. The molecular weight excluding hydrogens is 157 g/mol. The monoisotopic (exact) mass is 171 g/mol. The third-order valence-corrected chi connectivity index (χ3v) is 2.20. The topological polar surface area (TPSA) is 23.5 Å². The number of halogens is 1. The van der Waals surface area contributed by atoms with Gasteiger partial charge in [-0.1, -0.05) is 5.92 Å². The molecule has 0 aromatic carbocycles. The molecule has 0 bridgehead atoms. The molecule has 0 amide bonds. The van der Waals surface area contributed by atoms with Crippen molar-refractivity contribution >= 4 is 0 Å². The van der Waals surface area contributed by atoms with Crippen LogP contribution in [0.3, 0.4) is 0 Å². The van der Waals surface area contributed by atoms with Gasteiger partial charge in [0, 0.05) is 6.54 Å². The number of aliphatic hydroxyl groups is 1. The number of rotatable bonds is 2. The molecule has 0 radical (unpaired) electrons. The molecule has 3 heteroatoms. The molecule has 1 saturated heterocycles. The molecule has 1 heterocycles. The first-order valence-corrected chi connectivity index (χ1v) is 4.16. The van der Waals surface area contributed by atoms with E-state index in [2.05, 4.69) is 5.92 Å². The summed E-state index contributed by atoms with van der Waals surface area (Å²) in [5, 5.41) is 8.78. The predicted octanol–water partition coefficient (Wildman–Crippen LogP) is 0.416. The van der Waals surface area contributed by atoms with Gasteiger partial charge in [-0.15, -0.1) is 6.42 Å². The van der Waals surface area contributed by atoms with Gasteiger partial charge in [-0.05, 0) is 19.4 Å². The van der Waals surface area contributed by atoms with Crippen LogP contribution in [0.5, 0.6) is 0 Å². The molecule has 1 atom stereocenters. The Morgan fingerprint density at radius 2 is 2.42 bits per heavy atom. The highest BCUT2D eigenvalue weighted by Crippen LogP contribution is 2.24. The summed E-state index contributed by atoms with van der Waals surface area (Å²) in [5.74, 6) is 2.48. The van der Waals surface area contributed by atoms with Crippen molar-refractivity contribution in [3.05, 3.63) is 0 Å². The smallest absolute Gasteiger partial charge is 0.146 e. The van der Waals surface area contributed by atoms with Crippen LogP contribution in [0.25, 0.3) is 0 Å². The molecule has 0 aliphatic carbocycles. The van der Waals surface area contributed by atoms with Gasteiger partial charge in [-0.2, -0.15) is 0 Å². The lowest BCUT2D eigenvalue weighted by Gasteiger charge is -2.35. The Balaban J connectivity index is 2.46. The quantitative estimate of drug-likeness (QED) is 0.608. The van der Waals surface area contributed by atoms with Crippen molar-refractivity contribution in [1.29, 1.82) is 0 Å². The van der Waals surface area contributed by atoms with Gasteiger partial charge in [0.2, 0.25) is 0 Å². The Kier molecular flexibility index (Phi) is 3.07. The van der Waals surface area contributed by atoms with Crippen molar-refractivity contribution in [1.82, 2.24) is 4.90 Å². The summed E-state index contributed by atoms with van der Waals surface area (Å²) in [5.41, 5.74) is -1.42. The van der Waals surface area contributed by atoms with Crippen molar-refractivity contribution in [3.8, 4) is 12.3 Å². The van der Waals surface area contributed by atoms with Gasteiger partial charge < -0.3 is 5.11 Å². The van der Waals surface area contributed by atoms with E-state index in [0.29, 0.717) is 13.0 Å². The number of likely N-dealkylation sites (tertiary alicyclic amines) is 1. The van der Waals surface area contributed by atoms with Gasteiger partial charge in [0.15, 0.2) is 0 Å². The molecule has 2 nitrogen and oxygen atoms in total. The molecule has 0 aromatic heterocycles. The highest BCUT2D eigenvalue weighted by molar-refractivity contribution is 4.94. The first-order chi connectivity index (χ1) is 5.70. The van der Waals surface area contributed by atoms with Gasteiger partial charge in [0.05, 0.1) is 13.2 Å². The van der Waals surface area contributed by atoms with Crippen molar-refractivity contribution in [2.75, 3.05) is 26.2 Å². The van der Waals surface area contributed by atoms with Gasteiger partial charge >= 0.3 is 0 Å². The van der Waals surface area contributed by atoms with Crippen LogP contribution in [-0.2, 0) is 0 Å². The normalized spacial score (nSPS) is 31.4. The predicted molar refractivity (Wildman–Crippen MR) is 45.4 cm³/mol. The number of aliphatic hydroxyl groups excluding tert-OH is 1. The average molecular weight is 171 g/mol. The van der Waals surface area contributed by atoms with Crippen molar-refractivity contribution in [2.24, 2.45) is 0 Å². The zero-order chi connectivity index (χ0) is 9.03. The van der Waals surface area contributed by atoms with Crippen molar-refractivity contribution in [3.63, 3.8) is 0 Å². The Labute approximate surface area is 72.4 Å². The first-order valence-electron chi connectivity index (χ1n) is 4.16. The number of nitrogens with zero attached hydrogens (tertiary/aromatic N) is 1. The molecule has 1 N–H and O–H groups in total. The highest BCUT2D eigenvalue weighted by Gasteiger charge is 2.34. The first kappa shape index (κ1) is 9.50. The summed E-state index contributed by atoms with van der Waals surface area (Å²) in [4.78, 5) is 1.86. The fourth-order valence-corrected chi connectivity index (χ4v) is 1.57. The molecule has 0 aromatic rings. The molecule has 1 aliphatic rings. The second-order valence-corrected chi connectivity index (χ2v) is 3.33. The van der Waals surface area contributed by atoms with Gasteiger partial charge in [0.1, 0.15) is 5.67 Å². The van der Waals surface area contributed by atoms with E-state index in [1.54, 1.807) is 0 Å². The van der Waals surface area contributed by atoms with Crippen LogP contribution in [0, 0.1) is 12.3 Å². The Morgan fingerprint density at radius 3 is 3.00 bits per heavy atom. The maximum Gasteiger partial charge on any atom is 0.146 e. The molecular formula is C9H14FNO. The van der Waals surface area contributed by atoms with Crippen molar-refractivity contribution < 1.29 is 9.50 Å². The fraction of sp³-hybridized carbons (Fsp3) is 0.778. The highest BCUT2D eigenvalue weighted by atomic mass is 19.1. The van der Waals surface area contributed by atoms with Crippen LogP contribution in [0.1, 0.15) is 12.8 Å². The summed E-state index contributed by atoms with van der Waals surface area (Å²) in [6.45, 7) is 1.20. The second-order valence-electron chi connectivity index (χ2n) is 3.33. The number of piperidine rings is 1. The molecule has 1 unspecified atom stereocenters. The number of hydrogen-bond acceptors (Lipinski definition) is 2. The zero-order valence-corrected chi connectivity index (χ0v) is 7.09. The minimum Gasteiger partial charge on any atom is -0.393 e. The molecule has 1 fully saturated rings. The van der Waals surface area contributed by atoms with Crippen LogP contribution < -0.4 is 0 Å². The summed E-state index contributed by atoms with van der Waals surface area (Å²) in [6.07, 6.45) is 6.34. The van der Waals surface area contributed by atoms with E-state index in [1.165, 1.54) is 0 Å². The maximum absolute atomic E-state index is 13.5. The maximum atomic E-state index is 13.5. The SMILES string of the molecule is C#CCN1CCCC(F)(CO)C1. The van der Waals surface area contributed by atoms with E-state index in [9.17, 15) is 4.39 Å². The van der Waals surface area contributed by atoms with Gasteiger partial charge in [0.25, 0.3) is 0 Å². The third kappa shape index (κ3) is 2.20. The Hall–Kier alpha value is -0.590. The Morgan fingerprint density at radius 1 is 1.67 bits per heavy atom. The fourth-order valence-electron chi connectivity index (χ4n) is 1.57. The number of alkyl halides is 1. The summed E-state index contributed by atoms with van der Waals surface area (Å²) in [7, 11) is 0. The van der Waals surface area contributed by atoms with Crippen LogP contribution in [0.15, 0.2) is 0 Å². The van der Waals surface area contributed by atoms with Crippen LogP contribution in [0.4, 0.5) is 4.39 Å². The van der Waals surface area contributed by atoms with Gasteiger partial charge in [-0.3, -0.25) is 4.90 Å². The molecule has 12 heavy (non-hydrogen) atoms. The molecule has 0 spiro atoms. The van der Waals surface area contributed by atoms with E-state index in [4.69, 9.17) is 11.5 Å². The molecule has 1 aliphatic heterocycles. The zero-order valence-electron chi connectivity index (χ0n) is 7.09. The average Bonchev–Trinajstić information content (AvgIpc) is 2.05. The standard InChI is InChI=1S/C9H14FNO/c1-2-5-11-6-3-4-9(10,7-11)8-12/h1,12H,3-8H2. The van der Waals surface area contributed by atoms with Crippen LogP contribution >= 0.6 is 0 Å². The molecule has 68 valence electrons. The Bertz CT molecular complexity index is 189. The lowest BCUT2D eigenvalue weighted by atomic mass is 9.96. The van der Waals surface area contributed by atoms with E-state index >= 15 is 0 Å². The summed E-state index contributed by atoms with van der Waals surface area (Å²) >= 11 is 0. The van der Waals surface area contributed by atoms with E-state index < -0.39 is 12.3 Å². The number of terminal acetylenes is 1. The summed E-state index contributed by atoms with van der Waals surface area (Å²) in [6, 6.07) is 0. The van der Waals surface area contributed by atoms with Crippen LogP contribution in [0.2, 0.25) is 0 Å². The number of hydrogen-bond donors (Lipinski definition) is 1. The largest absolute Gasteiger partial charge is 0.393 e.